The van der Waals surface area contributed by atoms with E-state index in [9.17, 15) is 8.42 Å². The highest BCUT2D eigenvalue weighted by Gasteiger charge is 2.36. The highest BCUT2D eigenvalue weighted by atomic mass is 35.5. The van der Waals surface area contributed by atoms with Crippen molar-refractivity contribution in [2.75, 3.05) is 0 Å². The van der Waals surface area contributed by atoms with E-state index in [4.69, 9.17) is 29.6 Å². The Balaban J connectivity index is 2.20. The van der Waals surface area contributed by atoms with Crippen molar-refractivity contribution in [3.8, 4) is 0 Å². The van der Waals surface area contributed by atoms with E-state index >= 15 is 0 Å². The Morgan fingerprint density at radius 3 is 2.39 bits per heavy atom. The van der Waals surface area contributed by atoms with Gasteiger partial charge in [0, 0.05) is 5.02 Å². The number of rotatable bonds is 5. The van der Waals surface area contributed by atoms with Crippen LogP contribution in [0, 0.1) is 5.92 Å². The Morgan fingerprint density at radius 2 is 1.94 bits per heavy atom. The van der Waals surface area contributed by atoms with Crippen molar-refractivity contribution in [1.29, 1.82) is 0 Å². The van der Waals surface area contributed by atoms with Gasteiger partial charge in [-0.2, -0.15) is 0 Å². The fourth-order valence-electron chi connectivity index (χ4n) is 1.67. The standard InChI is InChI=1S/C11H13ClN2O2S2/c12-8-3-5-9(6-4-8)18(15,16)14-10(11(13)17)7-1-2-7/h3-7,10,14H,1-2H2,(H2,13,17). The van der Waals surface area contributed by atoms with Crippen LogP contribution in [0.2, 0.25) is 5.02 Å². The zero-order valence-electron chi connectivity index (χ0n) is 9.47. The minimum atomic E-state index is -3.60. The number of hydrogen-bond acceptors (Lipinski definition) is 3. The van der Waals surface area contributed by atoms with Crippen molar-refractivity contribution in [2.45, 2.75) is 23.8 Å². The third kappa shape index (κ3) is 3.20. The molecule has 1 atom stereocenters. The summed E-state index contributed by atoms with van der Waals surface area (Å²) in [6.07, 6.45) is 1.90. The van der Waals surface area contributed by atoms with Crippen molar-refractivity contribution in [3.63, 3.8) is 0 Å². The van der Waals surface area contributed by atoms with E-state index in [0.717, 1.165) is 12.8 Å². The predicted octanol–water partition coefficient (Wildman–Crippen LogP) is 1.68. The summed E-state index contributed by atoms with van der Waals surface area (Å²) in [5.41, 5.74) is 5.57. The molecule has 1 aliphatic carbocycles. The van der Waals surface area contributed by atoms with Gasteiger partial charge in [-0.25, -0.2) is 13.1 Å². The summed E-state index contributed by atoms with van der Waals surface area (Å²) in [5.74, 6) is 0.226. The molecule has 1 aromatic carbocycles. The van der Waals surface area contributed by atoms with Crippen molar-refractivity contribution >= 4 is 38.8 Å². The lowest BCUT2D eigenvalue weighted by atomic mass is 10.2. The minimum Gasteiger partial charge on any atom is -0.392 e. The van der Waals surface area contributed by atoms with Crippen LogP contribution in [0.25, 0.3) is 0 Å². The van der Waals surface area contributed by atoms with Crippen LogP contribution in [0.3, 0.4) is 0 Å². The normalized spacial score (nSPS) is 17.4. The van der Waals surface area contributed by atoms with E-state index in [1.165, 1.54) is 24.3 Å². The third-order valence-electron chi connectivity index (χ3n) is 2.81. The van der Waals surface area contributed by atoms with Gasteiger partial charge in [-0.3, -0.25) is 0 Å². The SMILES string of the molecule is NC(=S)C(NS(=O)(=O)c1ccc(Cl)cc1)C1CC1. The van der Waals surface area contributed by atoms with Crippen molar-refractivity contribution < 1.29 is 8.42 Å². The van der Waals surface area contributed by atoms with Gasteiger partial charge in [0.05, 0.1) is 15.9 Å². The molecule has 4 nitrogen and oxygen atoms in total. The second kappa shape index (κ2) is 5.13. The Morgan fingerprint density at radius 1 is 1.39 bits per heavy atom. The molecular formula is C11H13ClN2O2S2. The molecule has 0 aromatic heterocycles. The summed E-state index contributed by atoms with van der Waals surface area (Å²) in [6, 6.07) is 5.51. The molecule has 18 heavy (non-hydrogen) atoms. The van der Waals surface area contributed by atoms with Gasteiger partial charge < -0.3 is 5.73 Å². The Labute approximate surface area is 117 Å². The van der Waals surface area contributed by atoms with Gasteiger partial charge in [-0.05, 0) is 43.0 Å². The van der Waals surface area contributed by atoms with E-state index in [0.29, 0.717) is 5.02 Å². The largest absolute Gasteiger partial charge is 0.392 e. The van der Waals surface area contributed by atoms with Crippen molar-refractivity contribution in [2.24, 2.45) is 11.7 Å². The second-order valence-corrected chi connectivity index (χ2v) is 6.91. The average Bonchev–Trinajstić information content (AvgIpc) is 3.10. The summed E-state index contributed by atoms with van der Waals surface area (Å²) in [7, 11) is -3.60. The Bertz CT molecular complexity index is 553. The van der Waals surface area contributed by atoms with Crippen LogP contribution in [-0.2, 0) is 10.0 Å². The fraction of sp³-hybridized carbons (Fsp3) is 0.364. The van der Waals surface area contributed by atoms with E-state index < -0.39 is 16.1 Å². The number of hydrogen-bond donors (Lipinski definition) is 2. The molecule has 98 valence electrons. The monoisotopic (exact) mass is 304 g/mol. The van der Waals surface area contributed by atoms with Gasteiger partial charge >= 0.3 is 0 Å². The highest BCUT2D eigenvalue weighted by Crippen LogP contribution is 2.33. The average molecular weight is 305 g/mol. The topological polar surface area (TPSA) is 72.2 Å². The lowest BCUT2D eigenvalue weighted by molar-refractivity contribution is 0.565. The molecule has 0 aliphatic heterocycles. The fourth-order valence-corrected chi connectivity index (χ4v) is 3.40. The molecular weight excluding hydrogens is 292 g/mol. The molecule has 3 N–H and O–H groups in total. The van der Waals surface area contributed by atoms with Gasteiger partial charge in [-0.15, -0.1) is 0 Å². The van der Waals surface area contributed by atoms with Crippen LogP contribution >= 0.6 is 23.8 Å². The molecule has 0 bridgehead atoms. The summed E-state index contributed by atoms with van der Waals surface area (Å²) >= 11 is 10.6. The van der Waals surface area contributed by atoms with E-state index in [-0.39, 0.29) is 15.8 Å². The quantitative estimate of drug-likeness (QED) is 0.812. The van der Waals surface area contributed by atoms with Gasteiger partial charge in [0.15, 0.2) is 0 Å². The van der Waals surface area contributed by atoms with E-state index in [1.54, 1.807) is 0 Å². The van der Waals surface area contributed by atoms with Gasteiger partial charge in [0.2, 0.25) is 10.0 Å². The molecule has 7 heteroatoms. The molecule has 2 rings (SSSR count). The van der Waals surface area contributed by atoms with Crippen molar-refractivity contribution in [3.05, 3.63) is 29.3 Å². The number of halogens is 1. The molecule has 0 radical (unpaired) electrons. The van der Waals surface area contributed by atoms with Gasteiger partial charge in [-0.1, -0.05) is 23.8 Å². The van der Waals surface area contributed by atoms with E-state index in [2.05, 4.69) is 4.72 Å². The summed E-state index contributed by atoms with van der Waals surface area (Å²) in [5, 5.41) is 0.488. The third-order valence-corrected chi connectivity index (χ3v) is 4.77. The molecule has 1 saturated carbocycles. The summed E-state index contributed by atoms with van der Waals surface area (Å²) < 4.78 is 26.8. The van der Waals surface area contributed by atoms with E-state index in [1.807, 2.05) is 0 Å². The maximum atomic E-state index is 12.1. The van der Waals surface area contributed by atoms with Crippen LogP contribution < -0.4 is 10.5 Å². The van der Waals surface area contributed by atoms with Crippen LogP contribution in [0.1, 0.15) is 12.8 Å². The maximum absolute atomic E-state index is 12.1. The second-order valence-electron chi connectivity index (χ2n) is 4.29. The Kier molecular flexibility index (Phi) is 3.91. The first-order chi connectivity index (χ1) is 8.40. The zero-order valence-corrected chi connectivity index (χ0v) is 11.9. The molecule has 1 aliphatic rings. The molecule has 0 heterocycles. The maximum Gasteiger partial charge on any atom is 0.241 e. The number of benzene rings is 1. The lowest BCUT2D eigenvalue weighted by Gasteiger charge is -2.16. The number of nitrogens with two attached hydrogens (primary N) is 1. The van der Waals surface area contributed by atoms with Gasteiger partial charge in [0.25, 0.3) is 0 Å². The number of thiocarbonyl (C=S) groups is 1. The summed E-state index contributed by atoms with van der Waals surface area (Å²) in [6.45, 7) is 0. The number of sulfonamides is 1. The minimum absolute atomic E-state index is 0.161. The number of nitrogens with one attached hydrogen (secondary N) is 1. The molecule has 1 fully saturated rings. The molecule has 1 unspecified atom stereocenters. The molecule has 0 spiro atoms. The first-order valence-corrected chi connectivity index (χ1v) is 7.74. The first-order valence-electron chi connectivity index (χ1n) is 5.47. The predicted molar refractivity (Wildman–Crippen MR) is 75.1 cm³/mol. The molecule has 0 saturated heterocycles. The zero-order chi connectivity index (χ0) is 13.3. The highest BCUT2D eigenvalue weighted by molar-refractivity contribution is 7.89. The van der Waals surface area contributed by atoms with Crippen LogP contribution in [0.5, 0.6) is 0 Å². The molecule has 1 aromatic rings. The smallest absolute Gasteiger partial charge is 0.241 e. The first kappa shape index (κ1) is 13.7. The summed E-state index contributed by atoms with van der Waals surface area (Å²) in [4.78, 5) is 0.351. The van der Waals surface area contributed by atoms with Crippen LogP contribution in [0.4, 0.5) is 0 Å². The van der Waals surface area contributed by atoms with Crippen molar-refractivity contribution in [1.82, 2.24) is 4.72 Å². The van der Waals surface area contributed by atoms with Crippen LogP contribution in [0.15, 0.2) is 29.2 Å². The molecule has 0 amide bonds. The van der Waals surface area contributed by atoms with Gasteiger partial charge in [0.1, 0.15) is 0 Å². The lowest BCUT2D eigenvalue weighted by Crippen LogP contribution is -2.44. The van der Waals surface area contributed by atoms with Crippen LogP contribution in [-0.4, -0.2) is 19.4 Å². The Hall–Kier alpha value is -0.690.